The Morgan fingerprint density at radius 1 is 1.53 bits per heavy atom. The number of hydrogen-bond donors (Lipinski definition) is 2. The molecule has 0 aliphatic carbocycles. The van der Waals surface area contributed by atoms with Crippen molar-refractivity contribution in [2.24, 2.45) is 0 Å². The summed E-state index contributed by atoms with van der Waals surface area (Å²) < 4.78 is 35.1. The molecular weight excluding hydrogens is 211 g/mol. The van der Waals surface area contributed by atoms with Gasteiger partial charge in [-0.2, -0.15) is 13.2 Å². The number of alkyl halides is 3. The minimum atomic E-state index is -4.24. The molecule has 1 aromatic heterocycles. The van der Waals surface area contributed by atoms with Crippen LogP contribution in [0.4, 0.5) is 13.2 Å². The summed E-state index contributed by atoms with van der Waals surface area (Å²) >= 11 is 0. The molecule has 0 aromatic carbocycles. The van der Waals surface area contributed by atoms with E-state index in [1.807, 2.05) is 0 Å². The molecule has 1 aromatic rings. The van der Waals surface area contributed by atoms with E-state index in [2.05, 4.69) is 15.3 Å². The van der Waals surface area contributed by atoms with E-state index >= 15 is 0 Å². The van der Waals surface area contributed by atoms with E-state index in [4.69, 9.17) is 0 Å². The highest BCUT2D eigenvalue weighted by atomic mass is 19.4. The predicted octanol–water partition coefficient (Wildman–Crippen LogP) is 1.02. The quantitative estimate of drug-likeness (QED) is 0.797. The first-order valence-electron chi connectivity index (χ1n) is 4.29. The second-order valence-electron chi connectivity index (χ2n) is 2.93. The number of carbonyl (C=O) groups is 1. The van der Waals surface area contributed by atoms with E-state index in [9.17, 15) is 18.0 Å². The van der Waals surface area contributed by atoms with Crippen molar-refractivity contribution in [3.8, 4) is 0 Å². The largest absolute Gasteiger partial charge is 0.390 e. The number of imidazole rings is 1. The smallest absolute Gasteiger partial charge is 0.355 e. The zero-order valence-electron chi connectivity index (χ0n) is 7.77. The fourth-order valence-electron chi connectivity index (χ4n) is 0.953. The minimum Gasteiger partial charge on any atom is -0.355 e. The Labute approximate surface area is 83.9 Å². The van der Waals surface area contributed by atoms with Gasteiger partial charge in [-0.1, -0.05) is 0 Å². The monoisotopic (exact) mass is 221 g/mol. The number of halogens is 3. The van der Waals surface area contributed by atoms with Crippen molar-refractivity contribution >= 4 is 5.91 Å². The molecule has 1 rings (SSSR count). The third-order valence-electron chi connectivity index (χ3n) is 1.61. The van der Waals surface area contributed by atoms with E-state index in [0.29, 0.717) is 5.82 Å². The average molecular weight is 221 g/mol. The number of aromatic amines is 1. The molecule has 0 saturated carbocycles. The molecule has 0 atom stereocenters. The van der Waals surface area contributed by atoms with Crippen molar-refractivity contribution in [2.45, 2.75) is 19.0 Å². The van der Waals surface area contributed by atoms with Crippen LogP contribution >= 0.6 is 0 Å². The fourth-order valence-corrected chi connectivity index (χ4v) is 0.953. The standard InChI is InChI=1S/C8H10F3N3O/c9-8(10,11)1-2-14-7(15)5-6-12-3-4-13-6/h3-4H,1-2,5H2,(H,12,13)(H,14,15). The van der Waals surface area contributed by atoms with Crippen LogP contribution in [0.15, 0.2) is 12.4 Å². The predicted molar refractivity (Wildman–Crippen MR) is 46.0 cm³/mol. The van der Waals surface area contributed by atoms with Crippen LogP contribution < -0.4 is 5.32 Å². The molecule has 0 saturated heterocycles. The Kier molecular flexibility index (Phi) is 3.70. The topological polar surface area (TPSA) is 57.8 Å². The molecule has 0 spiro atoms. The summed E-state index contributed by atoms with van der Waals surface area (Å²) in [5, 5.41) is 2.16. The van der Waals surface area contributed by atoms with E-state index < -0.39 is 25.0 Å². The van der Waals surface area contributed by atoms with Crippen molar-refractivity contribution in [3.63, 3.8) is 0 Å². The summed E-state index contributed by atoms with van der Waals surface area (Å²) in [6.07, 6.45) is -2.28. The van der Waals surface area contributed by atoms with Crippen LogP contribution in [0, 0.1) is 0 Å². The SMILES string of the molecule is O=C(Cc1ncc[nH]1)NCCC(F)(F)F. The van der Waals surface area contributed by atoms with Crippen LogP contribution in [0.1, 0.15) is 12.2 Å². The van der Waals surface area contributed by atoms with Gasteiger partial charge in [-0.3, -0.25) is 4.79 Å². The number of carbonyl (C=O) groups excluding carboxylic acids is 1. The van der Waals surface area contributed by atoms with Crippen LogP contribution in [-0.4, -0.2) is 28.6 Å². The Morgan fingerprint density at radius 2 is 2.27 bits per heavy atom. The first-order chi connectivity index (χ1) is 6.97. The molecule has 2 N–H and O–H groups in total. The summed E-state index contributed by atoms with van der Waals surface area (Å²) in [7, 11) is 0. The first kappa shape index (κ1) is 11.5. The summed E-state index contributed by atoms with van der Waals surface area (Å²) in [6, 6.07) is 0. The van der Waals surface area contributed by atoms with Crippen molar-refractivity contribution in [2.75, 3.05) is 6.54 Å². The molecule has 1 heterocycles. The highest BCUT2D eigenvalue weighted by molar-refractivity contribution is 5.77. The molecule has 7 heteroatoms. The van der Waals surface area contributed by atoms with Crippen LogP contribution in [0.2, 0.25) is 0 Å². The lowest BCUT2D eigenvalue weighted by Gasteiger charge is -2.06. The van der Waals surface area contributed by atoms with Gasteiger partial charge in [-0.15, -0.1) is 0 Å². The first-order valence-corrected chi connectivity index (χ1v) is 4.29. The Hall–Kier alpha value is -1.53. The zero-order valence-corrected chi connectivity index (χ0v) is 7.77. The molecular formula is C8H10F3N3O. The molecule has 4 nitrogen and oxygen atoms in total. The Morgan fingerprint density at radius 3 is 2.80 bits per heavy atom. The van der Waals surface area contributed by atoms with Crippen LogP contribution in [-0.2, 0) is 11.2 Å². The second-order valence-corrected chi connectivity index (χ2v) is 2.93. The molecule has 0 bridgehead atoms. The fraction of sp³-hybridized carbons (Fsp3) is 0.500. The van der Waals surface area contributed by atoms with Gasteiger partial charge in [0.05, 0.1) is 12.8 Å². The lowest BCUT2D eigenvalue weighted by atomic mass is 10.3. The van der Waals surface area contributed by atoms with Gasteiger partial charge in [0.15, 0.2) is 0 Å². The number of hydrogen-bond acceptors (Lipinski definition) is 2. The highest BCUT2D eigenvalue weighted by Gasteiger charge is 2.26. The maximum atomic E-state index is 11.7. The van der Waals surface area contributed by atoms with E-state index in [1.54, 1.807) is 6.20 Å². The molecule has 0 aliphatic rings. The number of nitrogens with one attached hydrogen (secondary N) is 2. The maximum absolute atomic E-state index is 11.7. The number of amides is 1. The number of aromatic nitrogens is 2. The minimum absolute atomic E-state index is 0.0368. The summed E-state index contributed by atoms with van der Waals surface area (Å²) in [6.45, 7) is -0.400. The van der Waals surface area contributed by atoms with Crippen molar-refractivity contribution in [1.82, 2.24) is 15.3 Å². The highest BCUT2D eigenvalue weighted by Crippen LogP contribution is 2.18. The van der Waals surface area contributed by atoms with Gasteiger partial charge in [-0.25, -0.2) is 4.98 Å². The van der Waals surface area contributed by atoms with Gasteiger partial charge < -0.3 is 10.3 Å². The zero-order chi connectivity index (χ0) is 11.3. The van der Waals surface area contributed by atoms with Crippen molar-refractivity contribution in [1.29, 1.82) is 0 Å². The van der Waals surface area contributed by atoms with E-state index in [1.165, 1.54) is 6.20 Å². The van der Waals surface area contributed by atoms with Gasteiger partial charge in [0.2, 0.25) is 5.91 Å². The van der Waals surface area contributed by atoms with Gasteiger partial charge in [0, 0.05) is 18.9 Å². The van der Waals surface area contributed by atoms with Crippen LogP contribution in [0.25, 0.3) is 0 Å². The lowest BCUT2D eigenvalue weighted by molar-refractivity contribution is -0.135. The van der Waals surface area contributed by atoms with E-state index in [0.717, 1.165) is 0 Å². The normalized spacial score (nSPS) is 11.4. The third kappa shape index (κ3) is 5.04. The van der Waals surface area contributed by atoms with Gasteiger partial charge >= 0.3 is 6.18 Å². The average Bonchev–Trinajstić information content (AvgIpc) is 2.54. The number of rotatable bonds is 4. The molecule has 15 heavy (non-hydrogen) atoms. The van der Waals surface area contributed by atoms with E-state index in [-0.39, 0.29) is 6.42 Å². The molecule has 0 aliphatic heterocycles. The molecule has 1 amide bonds. The summed E-state index contributed by atoms with van der Waals surface area (Å²) in [5.74, 6) is -0.0475. The summed E-state index contributed by atoms with van der Waals surface area (Å²) in [5.41, 5.74) is 0. The third-order valence-corrected chi connectivity index (χ3v) is 1.61. The second kappa shape index (κ2) is 4.81. The van der Waals surface area contributed by atoms with Gasteiger partial charge in [0.25, 0.3) is 0 Å². The molecule has 0 fully saturated rings. The van der Waals surface area contributed by atoms with Crippen LogP contribution in [0.3, 0.4) is 0 Å². The molecule has 0 unspecified atom stereocenters. The van der Waals surface area contributed by atoms with Crippen molar-refractivity contribution in [3.05, 3.63) is 18.2 Å². The maximum Gasteiger partial charge on any atom is 0.390 e. The number of H-pyrrole nitrogens is 1. The Balaban J connectivity index is 2.20. The molecule has 0 radical (unpaired) electrons. The van der Waals surface area contributed by atoms with Crippen LogP contribution in [0.5, 0.6) is 0 Å². The van der Waals surface area contributed by atoms with Crippen molar-refractivity contribution < 1.29 is 18.0 Å². The summed E-state index contributed by atoms with van der Waals surface area (Å²) in [4.78, 5) is 17.5. The Bertz CT molecular complexity index is 307. The lowest BCUT2D eigenvalue weighted by Crippen LogP contribution is -2.29. The molecule has 84 valence electrons. The number of nitrogens with zero attached hydrogens (tertiary/aromatic N) is 1. The van der Waals surface area contributed by atoms with Gasteiger partial charge in [-0.05, 0) is 0 Å². The van der Waals surface area contributed by atoms with Gasteiger partial charge in [0.1, 0.15) is 5.82 Å².